The van der Waals surface area contributed by atoms with E-state index in [1.165, 1.54) is 17.0 Å². The summed E-state index contributed by atoms with van der Waals surface area (Å²) >= 11 is 0. The molecule has 0 saturated heterocycles. The lowest BCUT2D eigenvalue weighted by Crippen LogP contribution is -2.54. The lowest BCUT2D eigenvalue weighted by atomic mass is 10.0. The van der Waals surface area contributed by atoms with Crippen molar-refractivity contribution < 1.29 is 18.0 Å². The molecule has 0 saturated carbocycles. The molecule has 224 valence electrons. The van der Waals surface area contributed by atoms with Gasteiger partial charge in [-0.1, -0.05) is 96.1 Å². The van der Waals surface area contributed by atoms with Crippen LogP contribution >= 0.6 is 0 Å². The zero-order valence-corrected chi connectivity index (χ0v) is 25.9. The third-order valence-electron chi connectivity index (χ3n) is 7.07. The largest absolute Gasteiger partial charge is 0.352 e. The molecule has 4 aromatic rings. The maximum atomic E-state index is 14.4. The van der Waals surface area contributed by atoms with Gasteiger partial charge in [-0.25, -0.2) is 8.42 Å². The van der Waals surface area contributed by atoms with Crippen LogP contribution in [0.4, 0.5) is 5.69 Å². The Morgan fingerprint density at radius 1 is 0.744 bits per heavy atom. The third-order valence-corrected chi connectivity index (χ3v) is 8.86. The van der Waals surface area contributed by atoms with E-state index in [-0.39, 0.29) is 29.8 Å². The molecule has 0 radical (unpaired) electrons. The normalized spacial score (nSPS) is 12.0. The van der Waals surface area contributed by atoms with Crippen LogP contribution < -0.4 is 9.62 Å². The number of amides is 2. The summed E-state index contributed by atoms with van der Waals surface area (Å²) in [7, 11) is -4.11. The van der Waals surface area contributed by atoms with Crippen LogP contribution in [0.2, 0.25) is 0 Å². The number of benzene rings is 4. The number of nitrogens with zero attached hydrogens (tertiary/aromatic N) is 2. The summed E-state index contributed by atoms with van der Waals surface area (Å²) < 4.78 is 29.1. The van der Waals surface area contributed by atoms with Gasteiger partial charge in [0.15, 0.2) is 0 Å². The molecule has 4 rings (SSSR count). The van der Waals surface area contributed by atoms with Crippen molar-refractivity contribution in [2.45, 2.75) is 57.6 Å². The lowest BCUT2D eigenvalue weighted by Gasteiger charge is -2.34. The number of hydrogen-bond donors (Lipinski definition) is 1. The number of aryl methyl sites for hydroxylation is 2. The highest BCUT2D eigenvalue weighted by molar-refractivity contribution is 7.92. The molecule has 4 aromatic carbocycles. The van der Waals surface area contributed by atoms with Gasteiger partial charge in [-0.15, -0.1) is 0 Å². The van der Waals surface area contributed by atoms with Crippen molar-refractivity contribution in [2.75, 3.05) is 10.8 Å². The SMILES string of the molecule is Cc1ccc(N(CC(=O)N(Cc2cccc(C)c2)C(Cc2ccccc2)C(=O)NC(C)C)S(=O)(=O)c2ccccc2)cc1. The first kappa shape index (κ1) is 31.5. The molecule has 1 unspecified atom stereocenters. The van der Waals surface area contributed by atoms with Gasteiger partial charge in [0.2, 0.25) is 11.8 Å². The van der Waals surface area contributed by atoms with Gasteiger partial charge in [-0.2, -0.15) is 0 Å². The Bertz CT molecular complexity index is 1620. The molecule has 0 aliphatic heterocycles. The number of nitrogens with one attached hydrogen (secondary N) is 1. The Kier molecular flexibility index (Phi) is 10.4. The number of anilines is 1. The molecule has 0 bridgehead atoms. The molecule has 2 amide bonds. The maximum absolute atomic E-state index is 14.4. The second-order valence-corrected chi connectivity index (χ2v) is 12.9. The second kappa shape index (κ2) is 14.2. The highest BCUT2D eigenvalue weighted by Crippen LogP contribution is 2.25. The smallest absolute Gasteiger partial charge is 0.264 e. The average Bonchev–Trinajstić information content (AvgIpc) is 2.98. The minimum Gasteiger partial charge on any atom is -0.352 e. The van der Waals surface area contributed by atoms with E-state index >= 15 is 0 Å². The van der Waals surface area contributed by atoms with Crippen LogP contribution in [0.15, 0.2) is 114 Å². The number of rotatable bonds is 12. The van der Waals surface area contributed by atoms with Gasteiger partial charge in [0.05, 0.1) is 10.6 Å². The van der Waals surface area contributed by atoms with Crippen molar-refractivity contribution in [2.24, 2.45) is 0 Å². The molecule has 0 fully saturated rings. The molecule has 1 atom stereocenters. The molecule has 43 heavy (non-hydrogen) atoms. The van der Waals surface area contributed by atoms with Crippen molar-refractivity contribution in [3.8, 4) is 0 Å². The first-order valence-corrected chi connectivity index (χ1v) is 15.8. The number of sulfonamides is 1. The van der Waals surface area contributed by atoms with Gasteiger partial charge < -0.3 is 10.2 Å². The minimum absolute atomic E-state index is 0.0759. The Morgan fingerprint density at radius 2 is 1.35 bits per heavy atom. The van der Waals surface area contributed by atoms with Crippen molar-refractivity contribution in [1.29, 1.82) is 0 Å². The lowest BCUT2D eigenvalue weighted by molar-refractivity contribution is -0.140. The van der Waals surface area contributed by atoms with Crippen LogP contribution in [0.3, 0.4) is 0 Å². The predicted molar refractivity (Wildman–Crippen MR) is 171 cm³/mol. The first-order chi connectivity index (χ1) is 20.5. The summed E-state index contributed by atoms with van der Waals surface area (Å²) in [5, 5.41) is 2.98. The van der Waals surface area contributed by atoms with Crippen molar-refractivity contribution in [3.05, 3.63) is 131 Å². The van der Waals surface area contributed by atoms with Gasteiger partial charge in [-0.05, 0) is 63.1 Å². The van der Waals surface area contributed by atoms with Crippen molar-refractivity contribution in [1.82, 2.24) is 10.2 Å². The molecule has 1 N–H and O–H groups in total. The van der Waals surface area contributed by atoms with Crippen LogP contribution in [0.25, 0.3) is 0 Å². The zero-order valence-electron chi connectivity index (χ0n) is 25.1. The fourth-order valence-electron chi connectivity index (χ4n) is 4.90. The van der Waals surface area contributed by atoms with Crippen molar-refractivity contribution >= 4 is 27.5 Å². The van der Waals surface area contributed by atoms with Gasteiger partial charge >= 0.3 is 0 Å². The molecular weight excluding hydrogens is 558 g/mol. The molecular formula is C35H39N3O4S. The highest BCUT2D eigenvalue weighted by Gasteiger charge is 2.34. The second-order valence-electron chi connectivity index (χ2n) is 11.0. The Hall–Kier alpha value is -4.43. The summed E-state index contributed by atoms with van der Waals surface area (Å²) in [4.78, 5) is 29.7. The summed E-state index contributed by atoms with van der Waals surface area (Å²) in [6, 6.07) is 31.3. The number of carbonyl (C=O) groups excluding carboxylic acids is 2. The van der Waals surface area contributed by atoms with Gasteiger partial charge in [0.25, 0.3) is 10.0 Å². The van der Waals surface area contributed by atoms with E-state index in [9.17, 15) is 18.0 Å². The molecule has 0 aliphatic carbocycles. The Morgan fingerprint density at radius 3 is 1.95 bits per heavy atom. The first-order valence-electron chi connectivity index (χ1n) is 14.4. The minimum atomic E-state index is -4.11. The summed E-state index contributed by atoms with van der Waals surface area (Å²) in [5.41, 5.74) is 4.08. The van der Waals surface area contributed by atoms with E-state index in [0.717, 1.165) is 26.6 Å². The van der Waals surface area contributed by atoms with E-state index in [2.05, 4.69) is 5.32 Å². The molecule has 0 spiro atoms. The Labute approximate surface area is 255 Å². The van der Waals surface area contributed by atoms with Crippen LogP contribution in [-0.4, -0.2) is 43.8 Å². The quantitative estimate of drug-likeness (QED) is 0.228. The average molecular weight is 598 g/mol. The van der Waals surface area contributed by atoms with E-state index in [1.807, 2.05) is 94.4 Å². The van der Waals surface area contributed by atoms with E-state index in [4.69, 9.17) is 0 Å². The van der Waals surface area contributed by atoms with E-state index < -0.39 is 28.5 Å². The molecule has 0 heterocycles. The van der Waals surface area contributed by atoms with Crippen molar-refractivity contribution in [3.63, 3.8) is 0 Å². The van der Waals surface area contributed by atoms with E-state index in [0.29, 0.717) is 5.69 Å². The highest BCUT2D eigenvalue weighted by atomic mass is 32.2. The third kappa shape index (κ3) is 8.32. The maximum Gasteiger partial charge on any atom is 0.264 e. The monoisotopic (exact) mass is 597 g/mol. The molecule has 8 heteroatoms. The Balaban J connectivity index is 1.79. The molecule has 0 aromatic heterocycles. The van der Waals surface area contributed by atoms with Gasteiger partial charge in [-0.3, -0.25) is 13.9 Å². The fraction of sp³-hybridized carbons (Fsp3) is 0.257. The summed E-state index contributed by atoms with van der Waals surface area (Å²) in [6.45, 7) is 7.28. The van der Waals surface area contributed by atoms with Gasteiger partial charge in [0, 0.05) is 19.0 Å². The summed E-state index contributed by atoms with van der Waals surface area (Å²) in [6.07, 6.45) is 0.271. The van der Waals surface area contributed by atoms with Crippen LogP contribution in [0.1, 0.15) is 36.1 Å². The predicted octanol–water partition coefficient (Wildman–Crippen LogP) is 5.66. The van der Waals surface area contributed by atoms with E-state index in [1.54, 1.807) is 30.3 Å². The van der Waals surface area contributed by atoms with Gasteiger partial charge in [0.1, 0.15) is 12.6 Å². The molecule has 7 nitrogen and oxygen atoms in total. The summed E-state index contributed by atoms with van der Waals surface area (Å²) in [5.74, 6) is -0.783. The standard InChI is InChI=1S/C35H39N3O4S/c1-26(2)36-35(40)33(23-29-13-7-5-8-14-29)37(24-30-15-11-12-28(4)22-30)34(39)25-38(31-20-18-27(3)19-21-31)43(41,42)32-16-9-6-10-17-32/h5-22,26,33H,23-25H2,1-4H3,(H,36,40). The zero-order chi connectivity index (χ0) is 31.0. The number of hydrogen-bond acceptors (Lipinski definition) is 4. The van der Waals surface area contributed by atoms with Crippen LogP contribution in [0, 0.1) is 13.8 Å². The van der Waals surface area contributed by atoms with Crippen LogP contribution in [0.5, 0.6) is 0 Å². The number of carbonyl (C=O) groups is 2. The topological polar surface area (TPSA) is 86.8 Å². The van der Waals surface area contributed by atoms with Crippen LogP contribution in [-0.2, 0) is 32.6 Å². The molecule has 0 aliphatic rings. The fourth-order valence-corrected chi connectivity index (χ4v) is 6.34.